The molecule has 0 aliphatic rings. The fourth-order valence-electron chi connectivity index (χ4n) is 1.42. The molecule has 0 aliphatic carbocycles. The Hall–Kier alpha value is -1.42. The highest BCUT2D eigenvalue weighted by Gasteiger charge is 2.10. The zero-order chi connectivity index (χ0) is 12.7. The second kappa shape index (κ2) is 7.01. The maximum Gasteiger partial charge on any atom is 0.254 e. The van der Waals surface area contributed by atoms with Crippen LogP contribution in [0.5, 0.6) is 0 Å². The van der Waals surface area contributed by atoms with Gasteiger partial charge in [0.05, 0.1) is 5.56 Å². The molecule has 1 aromatic carbocycles. The van der Waals surface area contributed by atoms with Gasteiger partial charge in [0.2, 0.25) is 0 Å². The van der Waals surface area contributed by atoms with Crippen LogP contribution in [-0.2, 0) is 4.74 Å². The van der Waals surface area contributed by atoms with E-state index < -0.39 is 5.82 Å². The fourth-order valence-corrected chi connectivity index (χ4v) is 1.42. The van der Waals surface area contributed by atoms with Crippen molar-refractivity contribution >= 4 is 5.91 Å². The number of benzene rings is 1. The van der Waals surface area contributed by atoms with Gasteiger partial charge in [0.1, 0.15) is 5.82 Å². The number of aryl methyl sites for hydroxylation is 1. The predicted octanol–water partition coefficient (Wildman–Crippen LogP) is 2.29. The molecular weight excluding hydrogens is 221 g/mol. The molecular formula is C13H18FNO2. The van der Waals surface area contributed by atoms with E-state index in [2.05, 4.69) is 5.32 Å². The molecule has 0 atom stereocenters. The SMILES string of the molecule is CCOCCCNC(=O)c1ccc(C)cc1F. The molecule has 17 heavy (non-hydrogen) atoms. The van der Waals surface area contributed by atoms with Crippen molar-refractivity contribution in [3.05, 3.63) is 35.1 Å². The molecule has 0 radical (unpaired) electrons. The van der Waals surface area contributed by atoms with Crippen LogP contribution in [0.3, 0.4) is 0 Å². The van der Waals surface area contributed by atoms with E-state index in [0.29, 0.717) is 19.8 Å². The summed E-state index contributed by atoms with van der Waals surface area (Å²) in [5, 5.41) is 2.66. The smallest absolute Gasteiger partial charge is 0.254 e. The molecule has 0 aromatic heterocycles. The summed E-state index contributed by atoms with van der Waals surface area (Å²) in [6.07, 6.45) is 0.729. The van der Waals surface area contributed by atoms with Gasteiger partial charge >= 0.3 is 0 Å². The molecule has 1 rings (SSSR count). The highest BCUT2D eigenvalue weighted by Crippen LogP contribution is 2.09. The molecule has 0 unspecified atom stereocenters. The van der Waals surface area contributed by atoms with E-state index in [9.17, 15) is 9.18 Å². The van der Waals surface area contributed by atoms with E-state index in [-0.39, 0.29) is 11.5 Å². The first-order valence-corrected chi connectivity index (χ1v) is 5.77. The molecule has 1 aromatic rings. The first-order chi connectivity index (χ1) is 8.15. The first-order valence-electron chi connectivity index (χ1n) is 5.77. The summed E-state index contributed by atoms with van der Waals surface area (Å²) < 4.78 is 18.6. The van der Waals surface area contributed by atoms with Gasteiger partial charge in [0.15, 0.2) is 0 Å². The number of carbonyl (C=O) groups is 1. The Morgan fingerprint density at radius 1 is 1.47 bits per heavy atom. The van der Waals surface area contributed by atoms with Crippen LogP contribution >= 0.6 is 0 Å². The Labute approximate surface area is 101 Å². The second-order valence-electron chi connectivity index (χ2n) is 3.79. The van der Waals surface area contributed by atoms with Crippen molar-refractivity contribution in [3.63, 3.8) is 0 Å². The monoisotopic (exact) mass is 239 g/mol. The number of amides is 1. The number of hydrogen-bond donors (Lipinski definition) is 1. The van der Waals surface area contributed by atoms with Gasteiger partial charge in [0.25, 0.3) is 5.91 Å². The lowest BCUT2D eigenvalue weighted by Gasteiger charge is -2.06. The minimum absolute atomic E-state index is 0.0898. The predicted molar refractivity (Wildman–Crippen MR) is 64.6 cm³/mol. The largest absolute Gasteiger partial charge is 0.382 e. The summed E-state index contributed by atoms with van der Waals surface area (Å²) in [6, 6.07) is 4.58. The van der Waals surface area contributed by atoms with Gasteiger partial charge in [-0.2, -0.15) is 0 Å². The van der Waals surface area contributed by atoms with Gasteiger partial charge in [-0.3, -0.25) is 4.79 Å². The topological polar surface area (TPSA) is 38.3 Å². The molecule has 0 bridgehead atoms. The molecule has 94 valence electrons. The summed E-state index contributed by atoms with van der Waals surface area (Å²) in [6.45, 7) is 5.47. The number of halogens is 1. The zero-order valence-electron chi connectivity index (χ0n) is 10.3. The van der Waals surface area contributed by atoms with E-state index in [1.54, 1.807) is 13.0 Å². The Kier molecular flexibility index (Phi) is 5.63. The Morgan fingerprint density at radius 3 is 2.88 bits per heavy atom. The van der Waals surface area contributed by atoms with Crippen LogP contribution in [0, 0.1) is 12.7 Å². The molecule has 1 amide bonds. The highest BCUT2D eigenvalue weighted by molar-refractivity contribution is 5.94. The Morgan fingerprint density at radius 2 is 2.24 bits per heavy atom. The molecule has 0 heterocycles. The fraction of sp³-hybridized carbons (Fsp3) is 0.462. The molecule has 1 N–H and O–H groups in total. The molecule has 0 saturated carbocycles. The minimum Gasteiger partial charge on any atom is -0.382 e. The van der Waals surface area contributed by atoms with Crippen LogP contribution < -0.4 is 5.32 Å². The number of rotatable bonds is 6. The van der Waals surface area contributed by atoms with Crippen LogP contribution in [0.25, 0.3) is 0 Å². The van der Waals surface area contributed by atoms with E-state index >= 15 is 0 Å². The summed E-state index contributed by atoms with van der Waals surface area (Å²) >= 11 is 0. The summed E-state index contributed by atoms with van der Waals surface area (Å²) in [7, 11) is 0. The van der Waals surface area contributed by atoms with E-state index in [4.69, 9.17) is 4.74 Å². The van der Waals surface area contributed by atoms with Gasteiger partial charge in [-0.15, -0.1) is 0 Å². The highest BCUT2D eigenvalue weighted by atomic mass is 19.1. The minimum atomic E-state index is -0.479. The zero-order valence-corrected chi connectivity index (χ0v) is 10.3. The third-order valence-electron chi connectivity index (χ3n) is 2.32. The average molecular weight is 239 g/mol. The van der Waals surface area contributed by atoms with E-state index in [0.717, 1.165) is 12.0 Å². The van der Waals surface area contributed by atoms with Crippen molar-refractivity contribution in [1.82, 2.24) is 5.32 Å². The molecule has 0 aliphatic heterocycles. The van der Waals surface area contributed by atoms with Crippen molar-refractivity contribution in [3.8, 4) is 0 Å². The molecule has 0 spiro atoms. The maximum atomic E-state index is 13.4. The van der Waals surface area contributed by atoms with Crippen molar-refractivity contribution in [2.45, 2.75) is 20.3 Å². The standard InChI is InChI=1S/C13H18FNO2/c1-3-17-8-4-7-15-13(16)11-6-5-10(2)9-12(11)14/h5-6,9H,3-4,7-8H2,1-2H3,(H,15,16). The molecule has 4 heteroatoms. The quantitative estimate of drug-likeness (QED) is 0.773. The van der Waals surface area contributed by atoms with Crippen molar-refractivity contribution in [1.29, 1.82) is 0 Å². The van der Waals surface area contributed by atoms with Gasteiger partial charge < -0.3 is 10.1 Å². The van der Waals surface area contributed by atoms with Gasteiger partial charge in [-0.25, -0.2) is 4.39 Å². The van der Waals surface area contributed by atoms with Crippen molar-refractivity contribution in [2.24, 2.45) is 0 Å². The van der Waals surface area contributed by atoms with Gasteiger partial charge in [0, 0.05) is 19.8 Å². The lowest BCUT2D eigenvalue weighted by Crippen LogP contribution is -2.26. The van der Waals surface area contributed by atoms with Gasteiger partial charge in [-0.1, -0.05) is 6.07 Å². The van der Waals surface area contributed by atoms with Crippen molar-refractivity contribution in [2.75, 3.05) is 19.8 Å². The molecule has 0 saturated heterocycles. The van der Waals surface area contributed by atoms with Crippen LogP contribution in [0.4, 0.5) is 4.39 Å². The Bertz CT molecular complexity index is 380. The van der Waals surface area contributed by atoms with Gasteiger partial charge in [-0.05, 0) is 38.0 Å². The third-order valence-corrected chi connectivity index (χ3v) is 2.32. The number of hydrogen-bond acceptors (Lipinski definition) is 2. The summed E-state index contributed by atoms with van der Waals surface area (Å²) in [5.41, 5.74) is 0.891. The lowest BCUT2D eigenvalue weighted by molar-refractivity contribution is 0.0940. The third kappa shape index (κ3) is 4.53. The summed E-state index contributed by atoms with van der Waals surface area (Å²) in [4.78, 5) is 11.6. The maximum absolute atomic E-state index is 13.4. The normalized spacial score (nSPS) is 10.3. The van der Waals surface area contributed by atoms with E-state index in [1.165, 1.54) is 12.1 Å². The summed E-state index contributed by atoms with van der Waals surface area (Å²) in [5.74, 6) is -0.855. The number of carbonyl (C=O) groups excluding carboxylic acids is 1. The van der Waals surface area contributed by atoms with E-state index in [1.807, 2.05) is 6.92 Å². The lowest BCUT2D eigenvalue weighted by atomic mass is 10.1. The van der Waals surface area contributed by atoms with Crippen LogP contribution in [-0.4, -0.2) is 25.7 Å². The van der Waals surface area contributed by atoms with Crippen LogP contribution in [0.2, 0.25) is 0 Å². The first kappa shape index (κ1) is 13.6. The average Bonchev–Trinajstić information content (AvgIpc) is 2.28. The van der Waals surface area contributed by atoms with Crippen LogP contribution in [0.15, 0.2) is 18.2 Å². The second-order valence-corrected chi connectivity index (χ2v) is 3.79. The number of nitrogens with one attached hydrogen (secondary N) is 1. The van der Waals surface area contributed by atoms with Crippen molar-refractivity contribution < 1.29 is 13.9 Å². The molecule has 3 nitrogen and oxygen atoms in total. The number of ether oxygens (including phenoxy) is 1. The van der Waals surface area contributed by atoms with Crippen LogP contribution in [0.1, 0.15) is 29.3 Å². The molecule has 0 fully saturated rings. The Balaban J connectivity index is 2.42.